The van der Waals surface area contributed by atoms with Gasteiger partial charge >= 0.3 is 5.97 Å². The summed E-state index contributed by atoms with van der Waals surface area (Å²) in [6.07, 6.45) is -0.0753. The number of rotatable bonds is 7. The first-order valence-electron chi connectivity index (χ1n) is 5.90. The second-order valence-electron chi connectivity index (χ2n) is 4.04. The van der Waals surface area contributed by atoms with Gasteiger partial charge in [-0.15, -0.1) is 0 Å². The topological polar surface area (TPSA) is 66.4 Å². The summed E-state index contributed by atoms with van der Waals surface area (Å²) < 4.78 is 25.8. The molecule has 1 rings (SSSR count). The standard InChI is InChI=1S/C13H15F2NO3/c1-2-16-11(5-6-12(17)18)13(19)8-3-4-9(14)10(15)7-8/h3-4,7,11,16H,2,5-6H2,1H3,(H,17,18). The number of benzene rings is 1. The van der Waals surface area contributed by atoms with Crippen molar-refractivity contribution in [3.05, 3.63) is 35.4 Å². The highest BCUT2D eigenvalue weighted by molar-refractivity contribution is 6.00. The number of carboxylic acid groups (broad SMARTS) is 1. The molecule has 0 amide bonds. The summed E-state index contributed by atoms with van der Waals surface area (Å²) in [6, 6.07) is 2.17. The van der Waals surface area contributed by atoms with Crippen LogP contribution in [0.3, 0.4) is 0 Å². The number of ketones is 1. The second-order valence-corrected chi connectivity index (χ2v) is 4.04. The summed E-state index contributed by atoms with van der Waals surface area (Å²) in [6.45, 7) is 2.24. The average Bonchev–Trinajstić information content (AvgIpc) is 2.36. The Morgan fingerprint density at radius 2 is 2.00 bits per heavy atom. The number of carbonyl (C=O) groups excluding carboxylic acids is 1. The maximum absolute atomic E-state index is 13.1. The zero-order valence-electron chi connectivity index (χ0n) is 10.5. The minimum absolute atomic E-state index is 0.0234. The van der Waals surface area contributed by atoms with Crippen LogP contribution in [0.15, 0.2) is 18.2 Å². The van der Waals surface area contributed by atoms with Gasteiger partial charge in [-0.1, -0.05) is 6.92 Å². The molecule has 0 bridgehead atoms. The molecule has 0 aliphatic heterocycles. The highest BCUT2D eigenvalue weighted by Crippen LogP contribution is 2.13. The van der Waals surface area contributed by atoms with E-state index in [2.05, 4.69) is 5.32 Å². The molecule has 0 saturated heterocycles. The van der Waals surface area contributed by atoms with Crippen LogP contribution in [0, 0.1) is 11.6 Å². The molecular weight excluding hydrogens is 256 g/mol. The van der Waals surface area contributed by atoms with Crippen LogP contribution >= 0.6 is 0 Å². The van der Waals surface area contributed by atoms with E-state index < -0.39 is 29.4 Å². The fraction of sp³-hybridized carbons (Fsp3) is 0.385. The Hall–Kier alpha value is -1.82. The van der Waals surface area contributed by atoms with Crippen LogP contribution in [0.2, 0.25) is 0 Å². The number of likely N-dealkylation sites (N-methyl/N-ethyl adjacent to an activating group) is 1. The van der Waals surface area contributed by atoms with E-state index in [1.807, 2.05) is 0 Å². The quantitative estimate of drug-likeness (QED) is 0.744. The molecule has 4 nitrogen and oxygen atoms in total. The van der Waals surface area contributed by atoms with Crippen LogP contribution in [0.4, 0.5) is 8.78 Å². The van der Waals surface area contributed by atoms with Crippen molar-refractivity contribution < 1.29 is 23.5 Å². The molecule has 0 heterocycles. The van der Waals surface area contributed by atoms with E-state index >= 15 is 0 Å². The fourth-order valence-corrected chi connectivity index (χ4v) is 1.69. The minimum atomic E-state index is -1.10. The molecule has 1 unspecified atom stereocenters. The third-order valence-corrected chi connectivity index (χ3v) is 2.62. The van der Waals surface area contributed by atoms with Gasteiger partial charge in [-0.05, 0) is 31.2 Å². The van der Waals surface area contributed by atoms with Crippen molar-refractivity contribution in [2.45, 2.75) is 25.8 Å². The van der Waals surface area contributed by atoms with E-state index in [9.17, 15) is 18.4 Å². The smallest absolute Gasteiger partial charge is 0.303 e. The number of nitrogens with one attached hydrogen (secondary N) is 1. The monoisotopic (exact) mass is 271 g/mol. The Balaban J connectivity index is 2.85. The predicted octanol–water partition coefficient (Wildman–Crippen LogP) is 1.99. The van der Waals surface area contributed by atoms with Gasteiger partial charge in [-0.25, -0.2) is 8.78 Å². The van der Waals surface area contributed by atoms with Crippen molar-refractivity contribution in [1.82, 2.24) is 5.32 Å². The Labute approximate surface area is 109 Å². The zero-order valence-corrected chi connectivity index (χ0v) is 10.5. The lowest BCUT2D eigenvalue weighted by molar-refractivity contribution is -0.137. The van der Waals surface area contributed by atoms with E-state index in [1.54, 1.807) is 6.92 Å². The number of halogens is 2. The van der Waals surface area contributed by atoms with Crippen molar-refractivity contribution >= 4 is 11.8 Å². The molecule has 0 spiro atoms. The molecule has 2 N–H and O–H groups in total. The Morgan fingerprint density at radius 1 is 1.32 bits per heavy atom. The van der Waals surface area contributed by atoms with Crippen LogP contribution in [-0.4, -0.2) is 29.4 Å². The van der Waals surface area contributed by atoms with Gasteiger partial charge in [0.2, 0.25) is 0 Å². The average molecular weight is 271 g/mol. The van der Waals surface area contributed by atoms with Gasteiger partial charge in [-0.2, -0.15) is 0 Å². The van der Waals surface area contributed by atoms with Gasteiger partial charge in [0.05, 0.1) is 6.04 Å². The van der Waals surface area contributed by atoms with Crippen LogP contribution in [-0.2, 0) is 4.79 Å². The second kappa shape index (κ2) is 6.94. The molecule has 0 aliphatic rings. The van der Waals surface area contributed by atoms with Gasteiger partial charge in [0, 0.05) is 12.0 Å². The first-order valence-corrected chi connectivity index (χ1v) is 5.90. The summed E-state index contributed by atoms with van der Waals surface area (Å²) >= 11 is 0. The van der Waals surface area contributed by atoms with Gasteiger partial charge in [0.15, 0.2) is 17.4 Å². The zero-order chi connectivity index (χ0) is 14.4. The van der Waals surface area contributed by atoms with E-state index in [0.29, 0.717) is 6.54 Å². The van der Waals surface area contributed by atoms with Crippen molar-refractivity contribution in [2.24, 2.45) is 0 Å². The number of carboxylic acids is 1. The highest BCUT2D eigenvalue weighted by Gasteiger charge is 2.21. The van der Waals surface area contributed by atoms with Gasteiger partial charge in [0.1, 0.15) is 0 Å². The normalized spacial score (nSPS) is 12.2. The molecular formula is C13H15F2NO3. The molecule has 0 aromatic heterocycles. The summed E-state index contributed by atoms with van der Waals surface area (Å²) in [5, 5.41) is 11.5. The third-order valence-electron chi connectivity index (χ3n) is 2.62. The minimum Gasteiger partial charge on any atom is -0.481 e. The molecule has 104 valence electrons. The third kappa shape index (κ3) is 4.40. The number of Topliss-reactive ketones (excluding diaryl/α,β-unsaturated/α-hetero) is 1. The molecule has 1 aromatic carbocycles. The van der Waals surface area contributed by atoms with E-state index in [0.717, 1.165) is 12.1 Å². The maximum Gasteiger partial charge on any atom is 0.303 e. The van der Waals surface area contributed by atoms with Crippen LogP contribution < -0.4 is 5.32 Å². The lowest BCUT2D eigenvalue weighted by Crippen LogP contribution is -2.37. The summed E-state index contributed by atoms with van der Waals surface area (Å²) in [4.78, 5) is 22.6. The largest absolute Gasteiger partial charge is 0.481 e. The predicted molar refractivity (Wildman–Crippen MR) is 65.0 cm³/mol. The van der Waals surface area contributed by atoms with Crippen LogP contribution in [0.1, 0.15) is 30.1 Å². The first-order chi connectivity index (χ1) is 8.95. The molecule has 0 fully saturated rings. The molecule has 0 radical (unpaired) electrons. The van der Waals surface area contributed by atoms with Gasteiger partial charge < -0.3 is 10.4 Å². The van der Waals surface area contributed by atoms with Crippen molar-refractivity contribution in [1.29, 1.82) is 0 Å². The number of hydrogen-bond donors (Lipinski definition) is 2. The molecule has 1 aromatic rings. The maximum atomic E-state index is 13.1. The number of carbonyl (C=O) groups is 2. The fourth-order valence-electron chi connectivity index (χ4n) is 1.69. The van der Waals surface area contributed by atoms with Crippen molar-refractivity contribution in [3.8, 4) is 0 Å². The van der Waals surface area contributed by atoms with Gasteiger partial charge in [-0.3, -0.25) is 9.59 Å². The van der Waals surface area contributed by atoms with Crippen molar-refractivity contribution in [2.75, 3.05) is 6.54 Å². The summed E-state index contributed by atoms with van der Waals surface area (Å²) in [5.41, 5.74) is 0.0234. The molecule has 1 atom stereocenters. The molecule has 0 aliphatic carbocycles. The summed E-state index contributed by atoms with van der Waals surface area (Å²) in [5.74, 6) is -3.58. The Morgan fingerprint density at radius 3 is 2.53 bits per heavy atom. The molecule has 0 saturated carbocycles. The molecule has 6 heteroatoms. The van der Waals surface area contributed by atoms with Crippen LogP contribution in [0.5, 0.6) is 0 Å². The van der Waals surface area contributed by atoms with Crippen LogP contribution in [0.25, 0.3) is 0 Å². The number of hydrogen-bond acceptors (Lipinski definition) is 3. The SMILES string of the molecule is CCNC(CCC(=O)O)C(=O)c1ccc(F)c(F)c1. The molecule has 19 heavy (non-hydrogen) atoms. The van der Waals surface area contributed by atoms with Crippen molar-refractivity contribution in [3.63, 3.8) is 0 Å². The highest BCUT2D eigenvalue weighted by atomic mass is 19.2. The van der Waals surface area contributed by atoms with E-state index in [4.69, 9.17) is 5.11 Å². The lowest BCUT2D eigenvalue weighted by Gasteiger charge is -2.15. The first kappa shape index (κ1) is 15.2. The Bertz CT molecular complexity index is 477. The van der Waals surface area contributed by atoms with E-state index in [1.165, 1.54) is 6.07 Å². The number of aliphatic carboxylic acids is 1. The van der Waals surface area contributed by atoms with E-state index in [-0.39, 0.29) is 18.4 Å². The van der Waals surface area contributed by atoms with Gasteiger partial charge in [0.25, 0.3) is 0 Å². The summed E-state index contributed by atoms with van der Waals surface area (Å²) in [7, 11) is 0. The lowest BCUT2D eigenvalue weighted by atomic mass is 10.00. The Kier molecular flexibility index (Phi) is 5.57.